The van der Waals surface area contributed by atoms with Crippen LogP contribution in [0.1, 0.15) is 36.5 Å². The van der Waals surface area contributed by atoms with Gasteiger partial charge in [0.25, 0.3) is 0 Å². The molecule has 7 rings (SSSR count). The molecule has 6 nitrogen and oxygen atoms in total. The first-order valence-corrected chi connectivity index (χ1v) is 12.2. The molecule has 4 aliphatic carbocycles. The van der Waals surface area contributed by atoms with Crippen LogP contribution >= 0.6 is 0 Å². The molecule has 2 amide bonds. The number of nitrogens with zero attached hydrogens (tertiary/aromatic N) is 1. The van der Waals surface area contributed by atoms with Gasteiger partial charge < -0.3 is 9.47 Å². The lowest BCUT2D eigenvalue weighted by Crippen LogP contribution is -2.40. The van der Waals surface area contributed by atoms with Crippen molar-refractivity contribution in [3.63, 3.8) is 0 Å². The van der Waals surface area contributed by atoms with E-state index >= 15 is 0 Å². The molecule has 1 aliphatic heterocycles. The fourth-order valence-electron chi connectivity index (χ4n) is 6.06. The van der Waals surface area contributed by atoms with Crippen molar-refractivity contribution < 1.29 is 23.9 Å². The monoisotopic (exact) mass is 457 g/mol. The summed E-state index contributed by atoms with van der Waals surface area (Å²) in [6.07, 6.45) is 7.52. The second kappa shape index (κ2) is 8.12. The Bertz CT molecular complexity index is 1130. The summed E-state index contributed by atoms with van der Waals surface area (Å²) in [6, 6.07) is 13.5. The molecule has 1 heterocycles. The molecule has 0 N–H and O–H groups in total. The number of hydrogen-bond donors (Lipinski definition) is 0. The highest BCUT2D eigenvalue weighted by atomic mass is 16.5. The molecular formula is C28H27NO5. The molecule has 0 radical (unpaired) electrons. The highest BCUT2D eigenvalue weighted by Crippen LogP contribution is 2.65. The maximum atomic E-state index is 13.2. The van der Waals surface area contributed by atoms with Crippen molar-refractivity contribution in [2.24, 2.45) is 35.5 Å². The minimum Gasteiger partial charge on any atom is -0.494 e. The Hall–Kier alpha value is -3.41. The normalized spacial score (nSPS) is 30.2. The van der Waals surface area contributed by atoms with Gasteiger partial charge >= 0.3 is 5.97 Å². The summed E-state index contributed by atoms with van der Waals surface area (Å²) in [7, 11) is 0. The van der Waals surface area contributed by atoms with Gasteiger partial charge in [0.05, 0.1) is 29.7 Å². The number of allylic oxidation sites excluding steroid dienone is 2. The zero-order valence-electron chi connectivity index (χ0n) is 19.1. The second-order valence-electron chi connectivity index (χ2n) is 9.78. The third-order valence-electron chi connectivity index (χ3n) is 7.82. The van der Waals surface area contributed by atoms with Gasteiger partial charge in [-0.3, -0.25) is 14.5 Å². The Kier molecular flexibility index (Phi) is 5.05. The van der Waals surface area contributed by atoms with Crippen molar-refractivity contribution in [1.29, 1.82) is 0 Å². The largest absolute Gasteiger partial charge is 0.494 e. The molecular weight excluding hydrogens is 430 g/mol. The van der Waals surface area contributed by atoms with Gasteiger partial charge in [0, 0.05) is 0 Å². The van der Waals surface area contributed by atoms with Crippen LogP contribution < -0.4 is 14.4 Å². The maximum absolute atomic E-state index is 13.2. The van der Waals surface area contributed by atoms with Crippen molar-refractivity contribution in [2.75, 3.05) is 11.5 Å². The highest BCUT2D eigenvalue weighted by Gasteiger charge is 2.67. The molecule has 34 heavy (non-hydrogen) atoms. The molecule has 174 valence electrons. The quantitative estimate of drug-likeness (QED) is 0.199. The molecule has 6 atom stereocenters. The highest BCUT2D eigenvalue weighted by molar-refractivity contribution is 6.22. The number of hydrogen-bond acceptors (Lipinski definition) is 5. The lowest BCUT2D eigenvalue weighted by atomic mass is 9.63. The number of carbonyl (C=O) groups excluding carboxylic acids is 3. The molecule has 1 saturated heterocycles. The van der Waals surface area contributed by atoms with E-state index in [1.807, 2.05) is 0 Å². The number of rotatable bonds is 7. The van der Waals surface area contributed by atoms with Gasteiger partial charge in [0.15, 0.2) is 0 Å². The van der Waals surface area contributed by atoms with Crippen LogP contribution in [0.25, 0.3) is 0 Å². The van der Waals surface area contributed by atoms with E-state index in [-0.39, 0.29) is 35.5 Å². The van der Waals surface area contributed by atoms with Crippen LogP contribution in [-0.2, 0) is 9.59 Å². The van der Waals surface area contributed by atoms with E-state index in [0.29, 0.717) is 35.4 Å². The van der Waals surface area contributed by atoms with Crippen LogP contribution in [0.5, 0.6) is 11.5 Å². The zero-order valence-corrected chi connectivity index (χ0v) is 19.1. The van der Waals surface area contributed by atoms with Crippen LogP contribution in [-0.4, -0.2) is 24.4 Å². The van der Waals surface area contributed by atoms with Gasteiger partial charge in [0.2, 0.25) is 11.8 Å². The maximum Gasteiger partial charge on any atom is 0.343 e. The molecule has 5 aliphatic rings. The summed E-state index contributed by atoms with van der Waals surface area (Å²) >= 11 is 0. The van der Waals surface area contributed by atoms with Gasteiger partial charge in [-0.05, 0) is 85.0 Å². The summed E-state index contributed by atoms with van der Waals surface area (Å²) in [5.74, 6) is 1.53. The van der Waals surface area contributed by atoms with Crippen molar-refractivity contribution >= 4 is 23.5 Å². The first kappa shape index (κ1) is 21.1. The minimum absolute atomic E-state index is 0.101. The Balaban J connectivity index is 1.13. The first-order chi connectivity index (χ1) is 16.6. The zero-order chi connectivity index (χ0) is 23.4. The molecule has 0 aromatic heterocycles. The predicted octanol–water partition coefficient (Wildman–Crippen LogP) is 4.64. The fraction of sp³-hybridized carbons (Fsp3) is 0.393. The number of esters is 1. The van der Waals surface area contributed by atoms with Crippen LogP contribution in [0.4, 0.5) is 5.69 Å². The summed E-state index contributed by atoms with van der Waals surface area (Å²) in [4.78, 5) is 40.4. The topological polar surface area (TPSA) is 72.9 Å². The van der Waals surface area contributed by atoms with Crippen molar-refractivity contribution in [3.8, 4) is 11.5 Å². The first-order valence-electron chi connectivity index (χ1n) is 12.2. The van der Waals surface area contributed by atoms with Crippen LogP contribution in [0, 0.1) is 35.5 Å². The van der Waals surface area contributed by atoms with Gasteiger partial charge in [-0.1, -0.05) is 25.5 Å². The number of imide groups is 1. The number of ether oxygens (including phenoxy) is 2. The Labute approximate surface area is 198 Å². The van der Waals surface area contributed by atoms with E-state index in [2.05, 4.69) is 19.1 Å². The van der Waals surface area contributed by atoms with Crippen LogP contribution in [0.2, 0.25) is 0 Å². The third kappa shape index (κ3) is 3.35. The Morgan fingerprint density at radius 3 is 2.06 bits per heavy atom. The fourth-order valence-corrected chi connectivity index (χ4v) is 6.06. The summed E-state index contributed by atoms with van der Waals surface area (Å²) in [5.41, 5.74) is 0.870. The van der Waals surface area contributed by atoms with Gasteiger partial charge in [0.1, 0.15) is 11.5 Å². The summed E-state index contributed by atoms with van der Waals surface area (Å²) in [6.45, 7) is 2.76. The standard InChI is InChI=1S/C28H27NO5/c1-2-3-14-33-18-8-10-19(11-9-18)34-28(32)16-4-6-17(7-5-16)29-26(30)24-20-12-13-21(23-15-22(20)23)25(24)27(29)31/h4-13,20-25H,2-3,14-15H2,1H3/t20-,21-,22-,23-,24+,25+/m0/s1. The smallest absolute Gasteiger partial charge is 0.343 e. The minimum atomic E-state index is -0.499. The number of carbonyl (C=O) groups is 3. The lowest BCUT2D eigenvalue weighted by Gasteiger charge is -2.37. The summed E-state index contributed by atoms with van der Waals surface area (Å²) < 4.78 is 11.1. The number of unbranched alkanes of at least 4 members (excludes halogenated alkanes) is 1. The van der Waals surface area contributed by atoms with Crippen LogP contribution in [0.15, 0.2) is 60.7 Å². The van der Waals surface area contributed by atoms with Gasteiger partial charge in [-0.2, -0.15) is 0 Å². The molecule has 2 saturated carbocycles. The second-order valence-corrected chi connectivity index (χ2v) is 9.78. The van der Waals surface area contributed by atoms with E-state index in [1.165, 1.54) is 4.90 Å². The summed E-state index contributed by atoms with van der Waals surface area (Å²) in [5, 5.41) is 0. The molecule has 2 aromatic rings. The third-order valence-corrected chi connectivity index (χ3v) is 7.82. The van der Waals surface area contributed by atoms with Gasteiger partial charge in [-0.15, -0.1) is 0 Å². The van der Waals surface area contributed by atoms with Crippen LogP contribution in [0.3, 0.4) is 0 Å². The lowest BCUT2D eigenvalue weighted by molar-refractivity contribution is -0.124. The van der Waals surface area contributed by atoms with E-state index in [9.17, 15) is 14.4 Å². The number of benzene rings is 2. The SMILES string of the molecule is CCCCOc1ccc(OC(=O)c2ccc(N3C(=O)[C@@H]4[C@H]5C=C[C@@H]([C@@H]6C[C@@H]56)[C@H]4C3=O)cc2)cc1. The van der Waals surface area contributed by atoms with E-state index < -0.39 is 5.97 Å². The van der Waals surface area contributed by atoms with E-state index in [1.54, 1.807) is 48.5 Å². The Morgan fingerprint density at radius 2 is 1.47 bits per heavy atom. The Morgan fingerprint density at radius 1 is 0.882 bits per heavy atom. The average molecular weight is 458 g/mol. The number of anilines is 1. The molecule has 0 spiro atoms. The molecule has 0 unspecified atom stereocenters. The van der Waals surface area contributed by atoms with Gasteiger partial charge in [-0.25, -0.2) is 4.79 Å². The van der Waals surface area contributed by atoms with E-state index in [0.717, 1.165) is 25.0 Å². The van der Waals surface area contributed by atoms with E-state index in [4.69, 9.17) is 9.47 Å². The average Bonchev–Trinajstić information content (AvgIpc) is 3.64. The number of amides is 2. The van der Waals surface area contributed by atoms with Crippen molar-refractivity contribution in [3.05, 3.63) is 66.2 Å². The van der Waals surface area contributed by atoms with Crippen molar-refractivity contribution in [2.45, 2.75) is 26.2 Å². The van der Waals surface area contributed by atoms with Crippen molar-refractivity contribution in [1.82, 2.24) is 0 Å². The molecule has 2 bridgehead atoms. The predicted molar refractivity (Wildman–Crippen MR) is 125 cm³/mol. The molecule has 3 fully saturated rings. The molecule has 2 aromatic carbocycles. The molecule has 6 heteroatoms.